The van der Waals surface area contributed by atoms with E-state index in [9.17, 15) is 9.59 Å². The third-order valence-electron chi connectivity index (χ3n) is 4.63. The summed E-state index contributed by atoms with van der Waals surface area (Å²) in [7, 11) is 0. The van der Waals surface area contributed by atoms with Crippen molar-refractivity contribution in [3.63, 3.8) is 0 Å². The minimum atomic E-state index is -0.322. The van der Waals surface area contributed by atoms with Crippen LogP contribution in [0.15, 0.2) is 71.3 Å². The van der Waals surface area contributed by atoms with E-state index in [0.717, 1.165) is 18.5 Å². The highest BCUT2D eigenvalue weighted by Crippen LogP contribution is 2.27. The van der Waals surface area contributed by atoms with Gasteiger partial charge >= 0.3 is 0 Å². The maximum absolute atomic E-state index is 12.6. The van der Waals surface area contributed by atoms with Crippen LogP contribution >= 0.6 is 0 Å². The largest absolute Gasteiger partial charge is 0.484 e. The lowest BCUT2D eigenvalue weighted by Gasteiger charge is -2.29. The van der Waals surface area contributed by atoms with Gasteiger partial charge in [0.15, 0.2) is 12.4 Å². The van der Waals surface area contributed by atoms with E-state index < -0.39 is 0 Å². The second kappa shape index (κ2) is 8.00. The molecule has 2 amide bonds. The van der Waals surface area contributed by atoms with Gasteiger partial charge in [0.25, 0.3) is 11.8 Å². The molecule has 1 aromatic heterocycles. The molecule has 0 spiro atoms. The van der Waals surface area contributed by atoms with Gasteiger partial charge in [-0.3, -0.25) is 9.59 Å². The normalized spacial score (nSPS) is 12.9. The molecule has 142 valence electrons. The van der Waals surface area contributed by atoms with Crippen molar-refractivity contribution in [2.45, 2.75) is 12.8 Å². The Morgan fingerprint density at radius 1 is 1.04 bits per heavy atom. The van der Waals surface area contributed by atoms with Gasteiger partial charge in [0.2, 0.25) is 0 Å². The first-order valence-electron chi connectivity index (χ1n) is 9.17. The second-order valence-electron chi connectivity index (χ2n) is 6.52. The van der Waals surface area contributed by atoms with Gasteiger partial charge in [-0.15, -0.1) is 0 Å². The molecule has 0 saturated carbocycles. The molecule has 0 atom stereocenters. The average molecular weight is 376 g/mol. The minimum Gasteiger partial charge on any atom is -0.484 e. The number of ether oxygens (including phenoxy) is 1. The molecular formula is C22H20N2O4. The number of aryl methyl sites for hydroxylation is 1. The highest BCUT2D eigenvalue weighted by atomic mass is 16.5. The molecule has 2 aromatic carbocycles. The Morgan fingerprint density at radius 3 is 2.64 bits per heavy atom. The minimum absolute atomic E-state index is 0.0353. The van der Waals surface area contributed by atoms with Crippen LogP contribution in [0.2, 0.25) is 0 Å². The Balaban J connectivity index is 1.34. The standard InChI is InChI=1S/C22H20N2O4/c25-21(24-13-3-6-16-5-1-2-7-19(16)24)15-28-18-11-9-17(10-12-18)23-22(26)20-8-4-14-27-20/h1-2,4-5,7-12,14H,3,6,13,15H2,(H,23,26). The number of nitrogens with zero attached hydrogens (tertiary/aromatic N) is 1. The molecule has 0 fully saturated rings. The van der Waals surface area contributed by atoms with Gasteiger partial charge in [-0.1, -0.05) is 18.2 Å². The third-order valence-corrected chi connectivity index (χ3v) is 4.63. The van der Waals surface area contributed by atoms with Gasteiger partial charge in [-0.2, -0.15) is 0 Å². The fraction of sp³-hybridized carbons (Fsp3) is 0.182. The number of anilines is 2. The number of benzene rings is 2. The van der Waals surface area contributed by atoms with E-state index in [1.165, 1.54) is 11.8 Å². The first kappa shape index (κ1) is 17.9. The van der Waals surface area contributed by atoms with Crippen LogP contribution in [0.4, 0.5) is 11.4 Å². The van der Waals surface area contributed by atoms with Crippen LogP contribution in [-0.4, -0.2) is 25.0 Å². The van der Waals surface area contributed by atoms with Gasteiger partial charge in [0.05, 0.1) is 6.26 Å². The molecular weight excluding hydrogens is 356 g/mol. The quantitative estimate of drug-likeness (QED) is 0.733. The lowest BCUT2D eigenvalue weighted by molar-refractivity contribution is -0.120. The maximum atomic E-state index is 12.6. The van der Waals surface area contributed by atoms with Crippen molar-refractivity contribution < 1.29 is 18.7 Å². The number of carbonyl (C=O) groups is 2. The van der Waals surface area contributed by atoms with Crippen LogP contribution in [0, 0.1) is 0 Å². The van der Waals surface area contributed by atoms with E-state index in [1.807, 2.05) is 18.2 Å². The molecule has 0 aliphatic carbocycles. The molecule has 0 saturated heterocycles. The number of hydrogen-bond donors (Lipinski definition) is 1. The number of furan rings is 1. The van der Waals surface area contributed by atoms with Crippen LogP contribution in [0.5, 0.6) is 5.75 Å². The van der Waals surface area contributed by atoms with E-state index in [1.54, 1.807) is 41.3 Å². The van der Waals surface area contributed by atoms with E-state index in [-0.39, 0.29) is 24.2 Å². The van der Waals surface area contributed by atoms with Gasteiger partial charge in [-0.25, -0.2) is 0 Å². The molecule has 0 radical (unpaired) electrons. The predicted octanol–water partition coefficient (Wildman–Crippen LogP) is 3.89. The third kappa shape index (κ3) is 3.91. The fourth-order valence-electron chi connectivity index (χ4n) is 3.25. The zero-order chi connectivity index (χ0) is 19.3. The number of hydrogen-bond acceptors (Lipinski definition) is 4. The Kier molecular flexibility index (Phi) is 5.10. The molecule has 6 heteroatoms. The van der Waals surface area contributed by atoms with Gasteiger partial charge in [0.1, 0.15) is 5.75 Å². The Bertz CT molecular complexity index is 964. The van der Waals surface area contributed by atoms with Crippen molar-refractivity contribution in [2.75, 3.05) is 23.4 Å². The first-order chi connectivity index (χ1) is 13.7. The van der Waals surface area contributed by atoms with E-state index in [4.69, 9.17) is 9.15 Å². The number of para-hydroxylation sites is 1. The molecule has 4 rings (SSSR count). The summed E-state index contributed by atoms with van der Waals surface area (Å²) < 4.78 is 10.7. The van der Waals surface area contributed by atoms with Gasteiger partial charge in [0, 0.05) is 17.9 Å². The van der Waals surface area contributed by atoms with Gasteiger partial charge < -0.3 is 19.4 Å². The van der Waals surface area contributed by atoms with Crippen LogP contribution in [-0.2, 0) is 11.2 Å². The summed E-state index contributed by atoms with van der Waals surface area (Å²) in [6.07, 6.45) is 3.39. The van der Waals surface area contributed by atoms with Crippen LogP contribution in [0.1, 0.15) is 22.5 Å². The molecule has 6 nitrogen and oxygen atoms in total. The van der Waals surface area contributed by atoms with Crippen molar-refractivity contribution in [3.05, 3.63) is 78.3 Å². The fourth-order valence-corrected chi connectivity index (χ4v) is 3.25. The summed E-state index contributed by atoms with van der Waals surface area (Å²) in [5.41, 5.74) is 2.78. The van der Waals surface area contributed by atoms with Gasteiger partial charge in [-0.05, 0) is 60.9 Å². The van der Waals surface area contributed by atoms with E-state index in [2.05, 4.69) is 11.4 Å². The summed E-state index contributed by atoms with van der Waals surface area (Å²) in [5, 5.41) is 2.74. The number of carbonyl (C=O) groups excluding carboxylic acids is 2. The highest BCUT2D eigenvalue weighted by molar-refractivity contribution is 6.02. The Labute approximate surface area is 162 Å². The Morgan fingerprint density at radius 2 is 1.86 bits per heavy atom. The molecule has 0 bridgehead atoms. The zero-order valence-electron chi connectivity index (χ0n) is 15.3. The van der Waals surface area contributed by atoms with Crippen molar-refractivity contribution in [1.82, 2.24) is 0 Å². The summed E-state index contributed by atoms with van der Waals surface area (Å²) in [5.74, 6) is 0.419. The molecule has 2 heterocycles. The molecule has 28 heavy (non-hydrogen) atoms. The highest BCUT2D eigenvalue weighted by Gasteiger charge is 2.22. The SMILES string of the molecule is O=C(Nc1ccc(OCC(=O)N2CCCc3ccccc32)cc1)c1ccco1. The zero-order valence-corrected chi connectivity index (χ0v) is 15.3. The van der Waals surface area contributed by atoms with E-state index in [0.29, 0.717) is 18.0 Å². The number of nitrogens with one attached hydrogen (secondary N) is 1. The first-order valence-corrected chi connectivity index (χ1v) is 9.17. The second-order valence-corrected chi connectivity index (χ2v) is 6.52. The van der Waals surface area contributed by atoms with Crippen molar-refractivity contribution in [1.29, 1.82) is 0 Å². The maximum Gasteiger partial charge on any atom is 0.291 e. The summed E-state index contributed by atoms with van der Waals surface area (Å²) in [6.45, 7) is 0.670. The van der Waals surface area contributed by atoms with Crippen molar-refractivity contribution in [2.24, 2.45) is 0 Å². The summed E-state index contributed by atoms with van der Waals surface area (Å²) in [6, 6.07) is 18.1. The predicted molar refractivity (Wildman–Crippen MR) is 106 cm³/mol. The van der Waals surface area contributed by atoms with Crippen LogP contribution in [0.3, 0.4) is 0 Å². The molecule has 0 unspecified atom stereocenters. The number of fused-ring (bicyclic) bond motifs is 1. The smallest absolute Gasteiger partial charge is 0.291 e. The monoisotopic (exact) mass is 376 g/mol. The summed E-state index contributed by atoms with van der Waals surface area (Å²) in [4.78, 5) is 26.4. The van der Waals surface area contributed by atoms with Crippen molar-refractivity contribution >= 4 is 23.2 Å². The molecule has 3 aromatic rings. The molecule has 1 aliphatic rings. The topological polar surface area (TPSA) is 71.8 Å². The lowest BCUT2D eigenvalue weighted by Crippen LogP contribution is -2.38. The van der Waals surface area contributed by atoms with Crippen LogP contribution < -0.4 is 15.0 Å². The molecule has 1 N–H and O–H groups in total. The molecule has 1 aliphatic heterocycles. The van der Waals surface area contributed by atoms with Crippen molar-refractivity contribution in [3.8, 4) is 5.75 Å². The number of amides is 2. The van der Waals surface area contributed by atoms with Crippen LogP contribution in [0.25, 0.3) is 0 Å². The summed E-state index contributed by atoms with van der Waals surface area (Å²) >= 11 is 0. The van der Waals surface area contributed by atoms with E-state index >= 15 is 0 Å². The Hall–Kier alpha value is -3.54. The average Bonchev–Trinajstić information content (AvgIpc) is 3.28. The number of rotatable bonds is 5. The lowest BCUT2D eigenvalue weighted by atomic mass is 10.0.